The van der Waals surface area contributed by atoms with E-state index in [-0.39, 0.29) is 12.2 Å². The zero-order valence-corrected chi connectivity index (χ0v) is 12.5. The first-order valence-electron chi connectivity index (χ1n) is 6.43. The van der Waals surface area contributed by atoms with Gasteiger partial charge in [0.15, 0.2) is 0 Å². The van der Waals surface area contributed by atoms with E-state index in [1.807, 2.05) is 0 Å². The molecule has 0 aliphatic carbocycles. The number of nitrogens with zero attached hydrogens (tertiary/aromatic N) is 1. The summed E-state index contributed by atoms with van der Waals surface area (Å²) in [7, 11) is 0. The van der Waals surface area contributed by atoms with Crippen molar-refractivity contribution in [2.75, 3.05) is 44.7 Å². The summed E-state index contributed by atoms with van der Waals surface area (Å²) in [4.78, 5) is 2.06. The third-order valence-electron chi connectivity index (χ3n) is 3.09. The Morgan fingerprint density at radius 2 is 1.90 bits per heavy atom. The van der Waals surface area contributed by atoms with Crippen LogP contribution in [0.3, 0.4) is 0 Å². The monoisotopic (exact) mass is 350 g/mol. The van der Waals surface area contributed by atoms with Crippen LogP contribution in [0.2, 0.25) is 0 Å². The predicted molar refractivity (Wildman–Crippen MR) is 75.8 cm³/mol. The van der Waals surface area contributed by atoms with Crippen molar-refractivity contribution in [3.05, 3.63) is 28.2 Å². The lowest BCUT2D eigenvalue weighted by Gasteiger charge is -2.28. The minimum atomic E-state index is -0.699. The van der Waals surface area contributed by atoms with Gasteiger partial charge in [0.25, 0.3) is 0 Å². The molecule has 20 heavy (non-hydrogen) atoms. The molecule has 2 rings (SSSR count). The maximum absolute atomic E-state index is 13.6. The van der Waals surface area contributed by atoms with Gasteiger partial charge >= 0.3 is 0 Å². The van der Waals surface area contributed by atoms with E-state index in [1.165, 1.54) is 12.1 Å². The lowest BCUT2D eigenvalue weighted by atomic mass is 10.2. The minimum Gasteiger partial charge on any atom is -0.390 e. The number of nitrogens with one attached hydrogen (secondary N) is 1. The number of rotatable bonds is 5. The van der Waals surface area contributed by atoms with Crippen LogP contribution in [-0.2, 0) is 4.74 Å². The van der Waals surface area contributed by atoms with Crippen molar-refractivity contribution in [2.24, 2.45) is 0 Å². The van der Waals surface area contributed by atoms with Crippen molar-refractivity contribution in [3.63, 3.8) is 0 Å². The number of anilines is 1. The second-order valence-corrected chi connectivity index (χ2v) is 5.61. The Balaban J connectivity index is 1.85. The molecular formula is C13H17BrF2N2O2. The van der Waals surface area contributed by atoms with Gasteiger partial charge in [-0.1, -0.05) is 15.9 Å². The maximum Gasteiger partial charge on any atom is 0.150 e. The van der Waals surface area contributed by atoms with Crippen LogP contribution < -0.4 is 5.32 Å². The lowest BCUT2D eigenvalue weighted by molar-refractivity contribution is 0.0171. The van der Waals surface area contributed by atoms with E-state index in [4.69, 9.17) is 4.74 Å². The van der Waals surface area contributed by atoms with Gasteiger partial charge < -0.3 is 15.2 Å². The molecule has 112 valence electrons. The number of β-amino-alcohol motifs (C(OH)–C–C–N with tert-alkyl or cyclic N) is 1. The van der Waals surface area contributed by atoms with Crippen LogP contribution in [-0.4, -0.2) is 55.5 Å². The summed E-state index contributed by atoms with van der Waals surface area (Å²) in [6.07, 6.45) is -0.699. The quantitative estimate of drug-likeness (QED) is 0.850. The molecule has 0 saturated carbocycles. The molecule has 0 spiro atoms. The maximum atomic E-state index is 13.6. The SMILES string of the molecule is OC(CNc1c(F)cc(Br)cc1F)CN1CCOCC1. The average Bonchev–Trinajstić information content (AvgIpc) is 2.38. The second kappa shape index (κ2) is 7.31. The molecule has 7 heteroatoms. The van der Waals surface area contributed by atoms with Crippen LogP contribution in [0.4, 0.5) is 14.5 Å². The van der Waals surface area contributed by atoms with Gasteiger partial charge in [-0.25, -0.2) is 8.78 Å². The number of benzene rings is 1. The van der Waals surface area contributed by atoms with Crippen LogP contribution in [0.15, 0.2) is 16.6 Å². The molecule has 1 aliphatic rings. The zero-order valence-electron chi connectivity index (χ0n) is 10.9. The number of aliphatic hydroxyl groups is 1. The Hall–Kier alpha value is -0.760. The zero-order chi connectivity index (χ0) is 14.5. The molecule has 1 fully saturated rings. The summed E-state index contributed by atoms with van der Waals surface area (Å²) in [6, 6.07) is 2.36. The largest absolute Gasteiger partial charge is 0.390 e. The fraction of sp³-hybridized carbons (Fsp3) is 0.538. The molecule has 1 atom stereocenters. The van der Waals surface area contributed by atoms with Crippen LogP contribution in [0.5, 0.6) is 0 Å². The van der Waals surface area contributed by atoms with Crippen molar-refractivity contribution >= 4 is 21.6 Å². The molecule has 0 aromatic heterocycles. The molecule has 1 unspecified atom stereocenters. The summed E-state index contributed by atoms with van der Waals surface area (Å²) in [5, 5.41) is 12.5. The number of morpholine rings is 1. The van der Waals surface area contributed by atoms with Crippen LogP contribution in [0.1, 0.15) is 0 Å². The summed E-state index contributed by atoms with van der Waals surface area (Å²) in [6.45, 7) is 3.37. The highest BCUT2D eigenvalue weighted by molar-refractivity contribution is 9.10. The number of hydrogen-bond donors (Lipinski definition) is 2. The molecule has 0 radical (unpaired) electrons. The molecule has 1 aromatic carbocycles. The summed E-state index contributed by atoms with van der Waals surface area (Å²) >= 11 is 3.02. The molecule has 1 saturated heterocycles. The molecular weight excluding hydrogens is 334 g/mol. The van der Waals surface area contributed by atoms with E-state index in [1.54, 1.807) is 0 Å². The predicted octanol–water partition coefficient (Wildman–Crippen LogP) is 1.83. The van der Waals surface area contributed by atoms with Gasteiger partial charge in [-0.3, -0.25) is 4.90 Å². The van der Waals surface area contributed by atoms with Gasteiger partial charge in [0.05, 0.1) is 19.3 Å². The molecule has 1 heterocycles. The Morgan fingerprint density at radius 3 is 2.50 bits per heavy atom. The van der Waals surface area contributed by atoms with E-state index in [2.05, 4.69) is 26.1 Å². The van der Waals surface area contributed by atoms with Crippen molar-refractivity contribution in [3.8, 4) is 0 Å². The summed E-state index contributed by atoms with van der Waals surface area (Å²) in [5.41, 5.74) is -0.214. The highest BCUT2D eigenvalue weighted by Gasteiger charge is 2.16. The first kappa shape index (κ1) is 15.6. The third-order valence-corrected chi connectivity index (χ3v) is 3.55. The number of hydrogen-bond acceptors (Lipinski definition) is 4. The Kier molecular flexibility index (Phi) is 5.71. The van der Waals surface area contributed by atoms with Crippen molar-refractivity contribution in [2.45, 2.75) is 6.10 Å². The molecule has 0 amide bonds. The molecule has 4 nitrogen and oxygen atoms in total. The van der Waals surface area contributed by atoms with Crippen molar-refractivity contribution in [1.82, 2.24) is 4.90 Å². The highest BCUT2D eigenvalue weighted by atomic mass is 79.9. The standard InChI is InChI=1S/C13H17BrF2N2O2/c14-9-5-11(15)13(12(16)6-9)17-7-10(19)8-18-1-3-20-4-2-18/h5-6,10,17,19H,1-4,7-8H2. The third kappa shape index (κ3) is 4.37. The first-order chi connectivity index (χ1) is 9.56. The van der Waals surface area contributed by atoms with E-state index in [9.17, 15) is 13.9 Å². The van der Waals surface area contributed by atoms with E-state index >= 15 is 0 Å². The molecule has 1 aliphatic heterocycles. The summed E-state index contributed by atoms with van der Waals surface area (Å²) in [5.74, 6) is -1.37. The van der Waals surface area contributed by atoms with Gasteiger partial charge in [-0.2, -0.15) is 0 Å². The van der Waals surface area contributed by atoms with Gasteiger partial charge in [0.2, 0.25) is 0 Å². The fourth-order valence-electron chi connectivity index (χ4n) is 2.08. The highest BCUT2D eigenvalue weighted by Crippen LogP contribution is 2.23. The van der Waals surface area contributed by atoms with Crippen molar-refractivity contribution in [1.29, 1.82) is 0 Å². The van der Waals surface area contributed by atoms with Crippen LogP contribution in [0.25, 0.3) is 0 Å². The second-order valence-electron chi connectivity index (χ2n) is 4.69. The Labute approximate surface area is 124 Å². The van der Waals surface area contributed by atoms with Crippen LogP contribution in [0, 0.1) is 11.6 Å². The Bertz CT molecular complexity index is 433. The van der Waals surface area contributed by atoms with Gasteiger partial charge in [-0.05, 0) is 12.1 Å². The van der Waals surface area contributed by atoms with Gasteiger partial charge in [0, 0.05) is 30.7 Å². The van der Waals surface area contributed by atoms with Gasteiger partial charge in [0.1, 0.15) is 17.3 Å². The van der Waals surface area contributed by atoms with Crippen LogP contribution >= 0.6 is 15.9 Å². The number of aliphatic hydroxyl groups excluding tert-OH is 1. The molecule has 0 bridgehead atoms. The topological polar surface area (TPSA) is 44.7 Å². The minimum absolute atomic E-state index is 0.0901. The average molecular weight is 351 g/mol. The summed E-state index contributed by atoms with van der Waals surface area (Å²) < 4.78 is 32.7. The smallest absolute Gasteiger partial charge is 0.150 e. The molecule has 2 N–H and O–H groups in total. The van der Waals surface area contributed by atoms with E-state index in [0.29, 0.717) is 24.2 Å². The lowest BCUT2D eigenvalue weighted by Crippen LogP contribution is -2.42. The van der Waals surface area contributed by atoms with E-state index < -0.39 is 17.7 Å². The first-order valence-corrected chi connectivity index (χ1v) is 7.22. The fourth-order valence-corrected chi connectivity index (χ4v) is 2.48. The van der Waals surface area contributed by atoms with Crippen molar-refractivity contribution < 1.29 is 18.6 Å². The van der Waals surface area contributed by atoms with Gasteiger partial charge in [-0.15, -0.1) is 0 Å². The van der Waals surface area contributed by atoms with E-state index in [0.717, 1.165) is 13.1 Å². The molecule has 1 aromatic rings. The Morgan fingerprint density at radius 1 is 1.30 bits per heavy atom. The normalized spacial score (nSPS) is 18.0. The number of halogens is 3. The number of ether oxygens (including phenoxy) is 1.